The molecular weight excluding hydrogens is 508 g/mol. The lowest BCUT2D eigenvalue weighted by Gasteiger charge is -2.25. The molecule has 3 aromatic heterocycles. The highest BCUT2D eigenvalue weighted by Gasteiger charge is 2.27. The fraction of sp³-hybridized carbons (Fsp3) is 0.385. The molecular formula is C26H30N6O5S. The van der Waals surface area contributed by atoms with E-state index in [1.54, 1.807) is 24.9 Å². The van der Waals surface area contributed by atoms with Gasteiger partial charge in [-0.3, -0.25) is 4.57 Å². The molecule has 0 atom stereocenters. The number of para-hydroxylation sites is 1. The number of thiol groups is 1. The highest BCUT2D eigenvalue weighted by Crippen LogP contribution is 2.38. The van der Waals surface area contributed by atoms with Crippen LogP contribution >= 0.6 is 0 Å². The summed E-state index contributed by atoms with van der Waals surface area (Å²) in [5.74, 6) is 2.51. The Balaban J connectivity index is 1.79. The van der Waals surface area contributed by atoms with Gasteiger partial charge >= 0.3 is 0 Å². The molecule has 1 aliphatic rings. The SMILES string of the molecule is CCOc1cccc(-c2nc3nc(CC4CCC4)c(CN[SH](=O)=O)nc3n2-c2c(OC)cccc2OC)n1. The summed E-state index contributed by atoms with van der Waals surface area (Å²) in [5.41, 5.74) is 3.27. The van der Waals surface area contributed by atoms with E-state index in [4.69, 9.17) is 29.2 Å². The van der Waals surface area contributed by atoms with E-state index in [0.717, 1.165) is 18.5 Å². The van der Waals surface area contributed by atoms with E-state index in [1.807, 2.05) is 37.3 Å². The maximum atomic E-state index is 11.4. The van der Waals surface area contributed by atoms with E-state index in [-0.39, 0.29) is 6.54 Å². The third-order valence-electron chi connectivity index (χ3n) is 6.60. The van der Waals surface area contributed by atoms with Crippen LogP contribution in [-0.4, -0.2) is 53.7 Å². The molecule has 0 bridgehead atoms. The number of pyridine rings is 1. The predicted molar refractivity (Wildman–Crippen MR) is 142 cm³/mol. The average molecular weight is 539 g/mol. The molecule has 3 heterocycles. The van der Waals surface area contributed by atoms with Gasteiger partial charge in [-0.05, 0) is 37.5 Å². The minimum Gasteiger partial charge on any atom is -0.494 e. The number of hydrogen-bond donors (Lipinski definition) is 2. The largest absolute Gasteiger partial charge is 0.494 e. The standard InChI is InChI=1S/C26H30N6O5S/c1-4-37-22-13-6-10-17(28-22)25-31-24-26(32(25)23-20(35-2)11-7-12-21(23)36-3)30-19(15-27-38(33)34)18(29-24)14-16-8-5-9-16/h6-7,10-13,16,38H,4-5,8-9,14-15H2,1-3H3,(H,27,33,34). The second kappa shape index (κ2) is 11.3. The van der Waals surface area contributed by atoms with E-state index in [1.165, 1.54) is 6.42 Å². The number of nitrogens with one attached hydrogen (secondary N) is 1. The molecule has 200 valence electrons. The van der Waals surface area contributed by atoms with Crippen LogP contribution in [-0.2, 0) is 23.9 Å². The van der Waals surface area contributed by atoms with Gasteiger partial charge in [0.1, 0.15) is 22.9 Å². The molecule has 11 nitrogen and oxygen atoms in total. The van der Waals surface area contributed by atoms with E-state index in [2.05, 4.69) is 9.71 Å². The molecule has 0 unspecified atom stereocenters. The summed E-state index contributed by atoms with van der Waals surface area (Å²) in [6, 6.07) is 10.9. The van der Waals surface area contributed by atoms with Crippen molar-refractivity contribution in [2.24, 2.45) is 5.92 Å². The monoisotopic (exact) mass is 538 g/mol. The minimum absolute atomic E-state index is 0.0331. The molecule has 0 amide bonds. The van der Waals surface area contributed by atoms with Crippen molar-refractivity contribution in [2.75, 3.05) is 20.8 Å². The number of benzene rings is 1. The Bertz CT molecular complexity index is 1500. The van der Waals surface area contributed by atoms with Crippen LogP contribution in [0.25, 0.3) is 28.5 Å². The van der Waals surface area contributed by atoms with E-state index < -0.39 is 10.9 Å². The van der Waals surface area contributed by atoms with Gasteiger partial charge in [0.2, 0.25) is 16.8 Å². The number of aromatic nitrogens is 5. The highest BCUT2D eigenvalue weighted by molar-refractivity contribution is 7.70. The maximum absolute atomic E-state index is 11.4. The Hall–Kier alpha value is -3.77. The Morgan fingerprint density at radius 2 is 1.71 bits per heavy atom. The van der Waals surface area contributed by atoms with Crippen molar-refractivity contribution in [3.8, 4) is 34.6 Å². The Kier molecular flexibility index (Phi) is 7.70. The summed E-state index contributed by atoms with van der Waals surface area (Å²) in [4.78, 5) is 19.4. The zero-order valence-corrected chi connectivity index (χ0v) is 22.4. The molecule has 0 saturated heterocycles. The number of methoxy groups -OCH3 is 2. The minimum atomic E-state index is -2.80. The van der Waals surface area contributed by atoms with Gasteiger partial charge in [0, 0.05) is 6.07 Å². The summed E-state index contributed by atoms with van der Waals surface area (Å²) >= 11 is 0. The van der Waals surface area contributed by atoms with Crippen LogP contribution in [0.2, 0.25) is 0 Å². The number of rotatable bonds is 11. The quantitative estimate of drug-likeness (QED) is 0.276. The zero-order valence-electron chi connectivity index (χ0n) is 21.5. The lowest BCUT2D eigenvalue weighted by molar-refractivity contribution is 0.311. The average Bonchev–Trinajstić information content (AvgIpc) is 3.26. The van der Waals surface area contributed by atoms with E-state index in [9.17, 15) is 8.42 Å². The normalized spacial score (nSPS) is 13.6. The topological polar surface area (TPSA) is 130 Å². The second-order valence-electron chi connectivity index (χ2n) is 8.93. The van der Waals surface area contributed by atoms with Crippen LogP contribution in [0, 0.1) is 5.92 Å². The van der Waals surface area contributed by atoms with Gasteiger partial charge < -0.3 is 14.2 Å². The van der Waals surface area contributed by atoms with Crippen LogP contribution in [0.3, 0.4) is 0 Å². The number of nitrogens with zero attached hydrogens (tertiary/aromatic N) is 5. The second-order valence-corrected chi connectivity index (χ2v) is 9.76. The van der Waals surface area contributed by atoms with E-state index >= 15 is 0 Å². The molecule has 0 radical (unpaired) electrons. The van der Waals surface area contributed by atoms with Gasteiger partial charge in [-0.2, -0.15) is 0 Å². The fourth-order valence-electron chi connectivity index (χ4n) is 4.58. The first kappa shape index (κ1) is 25.9. The molecule has 12 heteroatoms. The first-order chi connectivity index (χ1) is 18.5. The molecule has 1 aromatic carbocycles. The Morgan fingerprint density at radius 3 is 2.34 bits per heavy atom. The fourth-order valence-corrected chi connectivity index (χ4v) is 4.86. The Morgan fingerprint density at radius 1 is 0.974 bits per heavy atom. The molecule has 1 aliphatic carbocycles. The molecule has 5 rings (SSSR count). The number of hydrogen-bond acceptors (Lipinski definition) is 9. The summed E-state index contributed by atoms with van der Waals surface area (Å²) in [7, 11) is 0.355. The van der Waals surface area contributed by atoms with Crippen LogP contribution in [0.5, 0.6) is 17.4 Å². The van der Waals surface area contributed by atoms with Gasteiger partial charge in [0.15, 0.2) is 17.1 Å². The Labute approximate surface area is 222 Å². The number of imidazole rings is 1. The predicted octanol–water partition coefficient (Wildman–Crippen LogP) is 3.25. The van der Waals surface area contributed by atoms with Crippen molar-refractivity contribution in [2.45, 2.75) is 39.2 Å². The van der Waals surface area contributed by atoms with Gasteiger partial charge in [-0.15, -0.1) is 0 Å². The van der Waals surface area contributed by atoms with Crippen molar-refractivity contribution < 1.29 is 22.6 Å². The maximum Gasteiger partial charge on any atom is 0.213 e. The molecule has 4 aromatic rings. The molecule has 1 fully saturated rings. The van der Waals surface area contributed by atoms with Crippen molar-refractivity contribution in [3.05, 3.63) is 47.8 Å². The van der Waals surface area contributed by atoms with Gasteiger partial charge in [-0.25, -0.2) is 33.1 Å². The van der Waals surface area contributed by atoms with Crippen LogP contribution in [0.4, 0.5) is 0 Å². The van der Waals surface area contributed by atoms with E-state index in [0.29, 0.717) is 70.5 Å². The smallest absolute Gasteiger partial charge is 0.213 e. The van der Waals surface area contributed by atoms with Gasteiger partial charge in [0.25, 0.3) is 0 Å². The highest BCUT2D eigenvalue weighted by atomic mass is 32.2. The van der Waals surface area contributed by atoms with Crippen molar-refractivity contribution >= 4 is 22.2 Å². The third-order valence-corrected chi connectivity index (χ3v) is 7.02. The van der Waals surface area contributed by atoms with Crippen molar-refractivity contribution in [3.63, 3.8) is 0 Å². The van der Waals surface area contributed by atoms with Gasteiger partial charge in [-0.1, -0.05) is 31.4 Å². The molecule has 0 spiro atoms. The first-order valence-electron chi connectivity index (χ1n) is 12.5. The third kappa shape index (κ3) is 5.14. The lowest BCUT2D eigenvalue weighted by Crippen LogP contribution is -2.19. The van der Waals surface area contributed by atoms with Crippen molar-refractivity contribution in [1.29, 1.82) is 0 Å². The summed E-state index contributed by atoms with van der Waals surface area (Å²) in [6.07, 6.45) is 4.14. The number of ether oxygens (including phenoxy) is 3. The summed E-state index contributed by atoms with van der Waals surface area (Å²) in [6.45, 7) is 2.40. The number of fused-ring (bicyclic) bond motifs is 1. The lowest BCUT2D eigenvalue weighted by atomic mass is 9.82. The molecule has 1 saturated carbocycles. The zero-order chi connectivity index (χ0) is 26.6. The van der Waals surface area contributed by atoms with Gasteiger partial charge in [0.05, 0.1) is 38.8 Å². The summed E-state index contributed by atoms with van der Waals surface area (Å²) < 4.78 is 44.1. The van der Waals surface area contributed by atoms with Crippen molar-refractivity contribution in [1.82, 2.24) is 29.2 Å². The van der Waals surface area contributed by atoms with Crippen LogP contribution in [0.1, 0.15) is 37.6 Å². The molecule has 0 aliphatic heterocycles. The molecule has 38 heavy (non-hydrogen) atoms. The molecule has 1 N–H and O–H groups in total. The van der Waals surface area contributed by atoms with Crippen LogP contribution in [0.15, 0.2) is 36.4 Å². The van der Waals surface area contributed by atoms with Crippen LogP contribution < -0.4 is 18.9 Å². The summed E-state index contributed by atoms with van der Waals surface area (Å²) in [5, 5.41) is 0. The first-order valence-corrected chi connectivity index (χ1v) is 13.7.